The number of ether oxygens (including phenoxy) is 1. The van der Waals surface area contributed by atoms with Gasteiger partial charge in [0.2, 0.25) is 0 Å². The maximum Gasteiger partial charge on any atom is 0.185 e. The van der Waals surface area contributed by atoms with Crippen molar-refractivity contribution in [1.29, 1.82) is 0 Å². The van der Waals surface area contributed by atoms with Gasteiger partial charge < -0.3 is 19.8 Å². The molecular formula is C14H20N6O3. The first-order valence-electron chi connectivity index (χ1n) is 7.35. The molecule has 23 heavy (non-hydrogen) atoms. The Labute approximate surface area is 133 Å². The minimum absolute atomic E-state index is 0.225. The van der Waals surface area contributed by atoms with Crippen molar-refractivity contribution in [3.63, 3.8) is 0 Å². The Morgan fingerprint density at radius 3 is 2.87 bits per heavy atom. The van der Waals surface area contributed by atoms with Gasteiger partial charge in [-0.1, -0.05) is 0 Å². The van der Waals surface area contributed by atoms with Crippen molar-refractivity contribution in [2.45, 2.75) is 31.8 Å². The highest BCUT2D eigenvalue weighted by Gasteiger charge is 2.35. The van der Waals surface area contributed by atoms with Crippen molar-refractivity contribution < 1.29 is 14.9 Å². The Morgan fingerprint density at radius 2 is 2.22 bits per heavy atom. The number of rotatable bonds is 3. The fourth-order valence-electron chi connectivity index (χ4n) is 2.44. The molecule has 2 aromatic rings. The number of aliphatic hydroxyl groups is 2. The van der Waals surface area contributed by atoms with Gasteiger partial charge in [0.1, 0.15) is 24.5 Å². The van der Waals surface area contributed by atoms with E-state index in [4.69, 9.17) is 4.74 Å². The van der Waals surface area contributed by atoms with E-state index in [1.165, 1.54) is 6.33 Å². The molecule has 3 atom stereocenters. The zero-order valence-corrected chi connectivity index (χ0v) is 13.3. The molecule has 9 heteroatoms. The molecule has 1 saturated heterocycles. The van der Waals surface area contributed by atoms with E-state index in [0.717, 1.165) is 5.84 Å². The van der Waals surface area contributed by atoms with Crippen molar-refractivity contribution in [3.05, 3.63) is 12.7 Å². The Kier molecular flexibility index (Phi) is 4.24. The molecule has 0 amide bonds. The van der Waals surface area contributed by atoms with E-state index in [2.05, 4.69) is 19.9 Å². The summed E-state index contributed by atoms with van der Waals surface area (Å²) in [5, 5.41) is 19.1. The van der Waals surface area contributed by atoms with Gasteiger partial charge in [-0.05, 0) is 6.92 Å². The van der Waals surface area contributed by atoms with Gasteiger partial charge in [-0.25, -0.2) is 19.9 Å². The van der Waals surface area contributed by atoms with Crippen LogP contribution in [0.4, 0.5) is 5.82 Å². The van der Waals surface area contributed by atoms with E-state index in [1.807, 2.05) is 25.9 Å². The molecule has 0 spiro atoms. The lowest BCUT2D eigenvalue weighted by Gasteiger charge is -2.13. The first kappa shape index (κ1) is 15.8. The number of nitrogens with zero attached hydrogens (tertiary/aromatic N) is 6. The predicted octanol–water partition coefficient (Wildman–Crippen LogP) is 0.0785. The first-order valence-corrected chi connectivity index (χ1v) is 7.35. The lowest BCUT2D eigenvalue weighted by molar-refractivity contribution is -0.0432. The zero-order valence-electron chi connectivity index (χ0n) is 13.3. The van der Waals surface area contributed by atoms with Gasteiger partial charge in [0.05, 0.1) is 19.0 Å². The Hall–Kier alpha value is -2.10. The van der Waals surface area contributed by atoms with Crippen LogP contribution in [0.25, 0.3) is 11.2 Å². The second kappa shape index (κ2) is 6.19. The Balaban J connectivity index is 1.98. The van der Waals surface area contributed by atoms with Gasteiger partial charge in [0, 0.05) is 20.5 Å². The number of hydrogen-bond acceptors (Lipinski definition) is 7. The SMILES string of the molecule is CC(=Nc1ncnc2c1ncn2[C@H]1C[C@H](O)[C@@H](CO)O1)N(C)C. The third-order valence-corrected chi connectivity index (χ3v) is 3.95. The summed E-state index contributed by atoms with van der Waals surface area (Å²) in [6, 6.07) is 0. The van der Waals surface area contributed by atoms with E-state index in [9.17, 15) is 10.2 Å². The number of amidine groups is 1. The molecule has 124 valence electrons. The van der Waals surface area contributed by atoms with E-state index in [1.54, 1.807) is 10.9 Å². The summed E-state index contributed by atoms with van der Waals surface area (Å²) >= 11 is 0. The van der Waals surface area contributed by atoms with Crippen LogP contribution in [0, 0.1) is 0 Å². The highest BCUT2D eigenvalue weighted by atomic mass is 16.5. The molecule has 1 aliphatic heterocycles. The summed E-state index contributed by atoms with van der Waals surface area (Å²) in [6.45, 7) is 1.66. The number of aromatic nitrogens is 4. The van der Waals surface area contributed by atoms with Gasteiger partial charge in [-0.3, -0.25) is 4.57 Å². The van der Waals surface area contributed by atoms with E-state index >= 15 is 0 Å². The highest BCUT2D eigenvalue weighted by Crippen LogP contribution is 2.31. The van der Waals surface area contributed by atoms with Crippen LogP contribution in [0.2, 0.25) is 0 Å². The molecule has 0 bridgehead atoms. The number of fused-ring (bicyclic) bond motifs is 1. The van der Waals surface area contributed by atoms with Crippen molar-refractivity contribution >= 4 is 22.8 Å². The molecule has 1 aliphatic rings. The molecule has 0 radical (unpaired) electrons. The molecule has 0 unspecified atom stereocenters. The summed E-state index contributed by atoms with van der Waals surface area (Å²) in [6.07, 6.45) is 1.67. The summed E-state index contributed by atoms with van der Waals surface area (Å²) in [5.41, 5.74) is 1.15. The van der Waals surface area contributed by atoms with Gasteiger partial charge in [0.15, 0.2) is 17.0 Å². The summed E-state index contributed by atoms with van der Waals surface area (Å²) in [7, 11) is 3.80. The van der Waals surface area contributed by atoms with Crippen molar-refractivity contribution in [3.8, 4) is 0 Å². The second-order valence-electron chi connectivity index (χ2n) is 5.69. The fourth-order valence-corrected chi connectivity index (χ4v) is 2.44. The monoisotopic (exact) mass is 320 g/mol. The molecule has 2 N–H and O–H groups in total. The smallest absolute Gasteiger partial charge is 0.185 e. The Morgan fingerprint density at radius 1 is 1.43 bits per heavy atom. The van der Waals surface area contributed by atoms with Gasteiger partial charge in [0.25, 0.3) is 0 Å². The van der Waals surface area contributed by atoms with Crippen LogP contribution in [0.1, 0.15) is 19.6 Å². The van der Waals surface area contributed by atoms with Crippen molar-refractivity contribution in [2.75, 3.05) is 20.7 Å². The predicted molar refractivity (Wildman–Crippen MR) is 83.4 cm³/mol. The van der Waals surface area contributed by atoms with Gasteiger partial charge >= 0.3 is 0 Å². The maximum atomic E-state index is 9.89. The summed E-state index contributed by atoms with van der Waals surface area (Å²) in [4.78, 5) is 19.1. The average Bonchev–Trinajstić information content (AvgIpc) is 3.10. The molecule has 0 aliphatic carbocycles. The quantitative estimate of drug-likeness (QED) is 0.609. The lowest BCUT2D eigenvalue weighted by Crippen LogP contribution is -2.24. The largest absolute Gasteiger partial charge is 0.394 e. The van der Waals surface area contributed by atoms with E-state index < -0.39 is 18.4 Å². The van der Waals surface area contributed by atoms with E-state index in [0.29, 0.717) is 23.4 Å². The fraction of sp³-hybridized carbons (Fsp3) is 0.571. The standard InChI is InChI=1S/C14H20N6O3/c1-8(19(2)3)18-13-12-14(16-6-15-13)20(7-17-12)11-4-9(22)10(5-21)23-11/h6-7,9-11,21-22H,4-5H2,1-3H3/t9-,10+,11+/m0/s1. The molecule has 0 saturated carbocycles. The normalized spacial score (nSPS) is 25.3. The van der Waals surface area contributed by atoms with Gasteiger partial charge in [-0.2, -0.15) is 0 Å². The van der Waals surface area contributed by atoms with Crippen LogP contribution >= 0.6 is 0 Å². The Bertz CT molecular complexity index is 728. The number of imidazole rings is 1. The zero-order chi connectivity index (χ0) is 16.6. The number of hydrogen-bond donors (Lipinski definition) is 2. The average molecular weight is 320 g/mol. The number of aliphatic imine (C=N–C) groups is 1. The minimum Gasteiger partial charge on any atom is -0.394 e. The third kappa shape index (κ3) is 2.90. The van der Waals surface area contributed by atoms with Crippen LogP contribution in [0.5, 0.6) is 0 Å². The molecule has 1 fully saturated rings. The topological polar surface area (TPSA) is 109 Å². The number of aliphatic hydroxyl groups excluding tert-OH is 2. The minimum atomic E-state index is -0.710. The van der Waals surface area contributed by atoms with Crippen LogP contribution in [0.3, 0.4) is 0 Å². The summed E-state index contributed by atoms with van der Waals surface area (Å²) < 4.78 is 7.39. The van der Waals surface area contributed by atoms with Crippen molar-refractivity contribution in [2.24, 2.45) is 4.99 Å². The molecular weight excluding hydrogens is 300 g/mol. The molecule has 3 rings (SSSR count). The lowest BCUT2D eigenvalue weighted by atomic mass is 10.2. The molecule has 2 aromatic heterocycles. The second-order valence-corrected chi connectivity index (χ2v) is 5.69. The van der Waals surface area contributed by atoms with Crippen LogP contribution in [-0.2, 0) is 4.74 Å². The van der Waals surface area contributed by atoms with E-state index in [-0.39, 0.29) is 6.61 Å². The molecule has 3 heterocycles. The van der Waals surface area contributed by atoms with Crippen LogP contribution in [0.15, 0.2) is 17.6 Å². The van der Waals surface area contributed by atoms with Crippen LogP contribution in [-0.4, -0.2) is 73.4 Å². The first-order chi connectivity index (χ1) is 11.0. The van der Waals surface area contributed by atoms with Crippen LogP contribution < -0.4 is 0 Å². The van der Waals surface area contributed by atoms with Crippen molar-refractivity contribution in [1.82, 2.24) is 24.4 Å². The summed E-state index contributed by atoms with van der Waals surface area (Å²) in [5.74, 6) is 1.28. The third-order valence-electron chi connectivity index (χ3n) is 3.95. The highest BCUT2D eigenvalue weighted by molar-refractivity contribution is 5.88. The van der Waals surface area contributed by atoms with Gasteiger partial charge in [-0.15, -0.1) is 0 Å². The maximum absolute atomic E-state index is 9.89. The molecule has 0 aromatic carbocycles. The molecule has 9 nitrogen and oxygen atoms in total.